The Morgan fingerprint density at radius 3 is 2.33 bits per heavy atom. The minimum Gasteiger partial charge on any atom is -0.352 e. The number of nitrogens with one attached hydrogen (secondary N) is 1. The summed E-state index contributed by atoms with van der Waals surface area (Å²) in [5.74, 6) is -0.0703. The van der Waals surface area contributed by atoms with Gasteiger partial charge < -0.3 is 4.74 Å². The van der Waals surface area contributed by atoms with Gasteiger partial charge in [0.2, 0.25) is 0 Å². The molecule has 1 aliphatic heterocycles. The third-order valence-corrected chi connectivity index (χ3v) is 1.95. The summed E-state index contributed by atoms with van der Waals surface area (Å²) in [6, 6.07) is -0.606. The second-order valence-corrected chi connectivity index (χ2v) is 3.25. The minimum atomic E-state index is -4.25. The lowest BCUT2D eigenvalue weighted by Gasteiger charge is -2.23. The van der Waals surface area contributed by atoms with E-state index in [0.29, 0.717) is 0 Å². The smallest absolute Gasteiger partial charge is 0.352 e. The maximum absolute atomic E-state index is 12.2. The van der Waals surface area contributed by atoms with Gasteiger partial charge in [0, 0.05) is 6.04 Å². The number of ether oxygens (including phenoxy) is 1. The molecule has 1 fully saturated rings. The lowest BCUT2D eigenvalue weighted by atomic mass is 9.99. The summed E-state index contributed by atoms with van der Waals surface area (Å²) in [5, 5.41) is 2.67. The highest BCUT2D eigenvalue weighted by atomic mass is 19.4. The molecule has 72 valence electrons. The Bertz CT molecular complexity index is 157. The molecule has 1 saturated heterocycles. The average molecular weight is 183 g/mol. The third-order valence-electron chi connectivity index (χ3n) is 1.95. The van der Waals surface area contributed by atoms with Crippen LogP contribution in [0, 0.1) is 5.92 Å². The molecular formula is C7H12F3NO. The summed E-state index contributed by atoms with van der Waals surface area (Å²) in [7, 11) is 0. The van der Waals surface area contributed by atoms with Crippen LogP contribution in [0.1, 0.15) is 13.8 Å². The molecule has 1 heterocycles. The molecule has 1 aliphatic rings. The molecule has 5 heteroatoms. The van der Waals surface area contributed by atoms with Gasteiger partial charge in [-0.1, -0.05) is 13.8 Å². The van der Waals surface area contributed by atoms with Gasteiger partial charge in [0.1, 0.15) is 0 Å². The van der Waals surface area contributed by atoms with Crippen molar-refractivity contribution in [2.75, 3.05) is 6.73 Å². The Kier molecular flexibility index (Phi) is 2.63. The lowest BCUT2D eigenvalue weighted by molar-refractivity contribution is -0.211. The molecule has 0 aromatic carbocycles. The first-order valence-electron chi connectivity index (χ1n) is 3.84. The second-order valence-electron chi connectivity index (χ2n) is 3.25. The molecule has 0 aromatic rings. The zero-order valence-corrected chi connectivity index (χ0v) is 6.98. The quantitative estimate of drug-likeness (QED) is 0.665. The molecular weight excluding hydrogens is 171 g/mol. The zero-order valence-electron chi connectivity index (χ0n) is 6.98. The summed E-state index contributed by atoms with van der Waals surface area (Å²) in [6.07, 6.45) is -5.89. The minimum absolute atomic E-state index is 0.00692. The molecule has 2 nitrogen and oxygen atoms in total. The Morgan fingerprint density at radius 1 is 1.42 bits per heavy atom. The second kappa shape index (κ2) is 3.22. The zero-order chi connectivity index (χ0) is 9.35. The van der Waals surface area contributed by atoms with E-state index in [9.17, 15) is 13.2 Å². The molecule has 0 spiro atoms. The van der Waals surface area contributed by atoms with Crippen molar-refractivity contribution in [3.63, 3.8) is 0 Å². The standard InChI is InChI=1S/C7H12F3NO/c1-4(2)5-6(7(8,9)10)12-3-11-5/h4-6,11H,3H2,1-2H3. The fraction of sp³-hybridized carbons (Fsp3) is 1.00. The number of hydrogen-bond donors (Lipinski definition) is 1. The van der Waals surface area contributed by atoms with Crippen molar-refractivity contribution in [1.29, 1.82) is 0 Å². The van der Waals surface area contributed by atoms with Gasteiger partial charge in [-0.15, -0.1) is 0 Å². The molecule has 0 saturated carbocycles. The molecule has 0 aliphatic carbocycles. The largest absolute Gasteiger partial charge is 0.416 e. The van der Waals surface area contributed by atoms with Gasteiger partial charge in [-0.2, -0.15) is 13.2 Å². The van der Waals surface area contributed by atoms with E-state index in [1.165, 1.54) is 0 Å². The van der Waals surface area contributed by atoms with Gasteiger partial charge in [0.05, 0.1) is 6.73 Å². The Labute approximate surface area is 69.1 Å². The number of hydrogen-bond acceptors (Lipinski definition) is 2. The van der Waals surface area contributed by atoms with Crippen LogP contribution in [0.4, 0.5) is 13.2 Å². The third kappa shape index (κ3) is 1.90. The topological polar surface area (TPSA) is 21.3 Å². The van der Waals surface area contributed by atoms with Gasteiger partial charge in [-0.25, -0.2) is 0 Å². The van der Waals surface area contributed by atoms with Crippen molar-refractivity contribution in [3.8, 4) is 0 Å². The first-order valence-corrected chi connectivity index (χ1v) is 3.84. The lowest BCUT2D eigenvalue weighted by Crippen LogP contribution is -2.44. The highest BCUT2D eigenvalue weighted by Gasteiger charge is 2.49. The predicted octanol–water partition coefficient (Wildman–Crippen LogP) is 1.52. The molecule has 12 heavy (non-hydrogen) atoms. The fourth-order valence-corrected chi connectivity index (χ4v) is 1.33. The SMILES string of the molecule is CC(C)C1NCOC1C(F)(F)F. The highest BCUT2D eigenvalue weighted by molar-refractivity contribution is 4.88. The van der Waals surface area contributed by atoms with E-state index in [1.54, 1.807) is 13.8 Å². The number of halogens is 3. The van der Waals surface area contributed by atoms with Crippen LogP contribution in [0.15, 0.2) is 0 Å². The van der Waals surface area contributed by atoms with Crippen LogP contribution in [0.5, 0.6) is 0 Å². The van der Waals surface area contributed by atoms with E-state index in [4.69, 9.17) is 0 Å². The summed E-state index contributed by atoms with van der Waals surface area (Å²) in [4.78, 5) is 0. The fourth-order valence-electron chi connectivity index (χ4n) is 1.33. The number of rotatable bonds is 1. The van der Waals surface area contributed by atoms with Gasteiger partial charge in [-0.3, -0.25) is 5.32 Å². The van der Waals surface area contributed by atoms with Gasteiger partial charge in [0.25, 0.3) is 0 Å². The van der Waals surface area contributed by atoms with Crippen LogP contribution in [-0.4, -0.2) is 25.1 Å². The van der Waals surface area contributed by atoms with E-state index in [2.05, 4.69) is 10.1 Å². The predicted molar refractivity (Wildman–Crippen MR) is 37.6 cm³/mol. The average Bonchev–Trinajstić information content (AvgIpc) is 2.30. The van der Waals surface area contributed by atoms with Crippen LogP contribution < -0.4 is 5.32 Å². The van der Waals surface area contributed by atoms with Crippen molar-refractivity contribution in [1.82, 2.24) is 5.32 Å². The summed E-state index contributed by atoms with van der Waals surface area (Å²) >= 11 is 0. The molecule has 0 amide bonds. The van der Waals surface area contributed by atoms with E-state index in [1.807, 2.05) is 0 Å². The summed E-state index contributed by atoms with van der Waals surface area (Å²) in [5.41, 5.74) is 0. The van der Waals surface area contributed by atoms with Gasteiger partial charge >= 0.3 is 6.18 Å². The van der Waals surface area contributed by atoms with E-state index in [0.717, 1.165) is 0 Å². The molecule has 1 N–H and O–H groups in total. The van der Waals surface area contributed by atoms with Crippen LogP contribution in [0.3, 0.4) is 0 Å². The molecule has 0 radical (unpaired) electrons. The maximum Gasteiger partial charge on any atom is 0.416 e. The normalized spacial score (nSPS) is 31.5. The van der Waals surface area contributed by atoms with Crippen LogP contribution in [-0.2, 0) is 4.74 Å². The molecule has 2 atom stereocenters. The Hall–Kier alpha value is -0.290. The van der Waals surface area contributed by atoms with Crippen molar-refractivity contribution in [3.05, 3.63) is 0 Å². The monoisotopic (exact) mass is 183 g/mol. The van der Waals surface area contributed by atoms with Crippen molar-refractivity contribution in [2.45, 2.75) is 32.2 Å². The van der Waals surface area contributed by atoms with Crippen molar-refractivity contribution >= 4 is 0 Å². The van der Waals surface area contributed by atoms with Gasteiger partial charge in [0.15, 0.2) is 6.10 Å². The summed E-state index contributed by atoms with van der Waals surface area (Å²) < 4.78 is 41.2. The first kappa shape index (κ1) is 9.80. The Balaban J connectivity index is 2.64. The van der Waals surface area contributed by atoms with E-state index in [-0.39, 0.29) is 12.6 Å². The van der Waals surface area contributed by atoms with Crippen LogP contribution >= 0.6 is 0 Å². The number of alkyl halides is 3. The van der Waals surface area contributed by atoms with Crippen LogP contribution in [0.25, 0.3) is 0 Å². The first-order chi connectivity index (χ1) is 5.43. The summed E-state index contributed by atoms with van der Waals surface area (Å²) in [6.45, 7) is 3.48. The van der Waals surface area contributed by atoms with Gasteiger partial charge in [-0.05, 0) is 5.92 Å². The molecule has 1 rings (SSSR count). The van der Waals surface area contributed by atoms with E-state index >= 15 is 0 Å². The molecule has 2 unspecified atom stereocenters. The maximum atomic E-state index is 12.2. The highest BCUT2D eigenvalue weighted by Crippen LogP contribution is 2.30. The van der Waals surface area contributed by atoms with Crippen LogP contribution in [0.2, 0.25) is 0 Å². The molecule has 0 bridgehead atoms. The van der Waals surface area contributed by atoms with Crippen molar-refractivity contribution < 1.29 is 17.9 Å². The van der Waals surface area contributed by atoms with Crippen molar-refractivity contribution in [2.24, 2.45) is 5.92 Å². The molecule has 0 aromatic heterocycles. The van der Waals surface area contributed by atoms with E-state index < -0.39 is 18.3 Å². The Morgan fingerprint density at radius 2 is 2.00 bits per heavy atom.